The molecule has 0 radical (unpaired) electrons. The molecule has 0 heterocycles. The average molecular weight is 208 g/mol. The highest BCUT2D eigenvalue weighted by molar-refractivity contribution is 5.66. The molecule has 0 unspecified atom stereocenters. The smallest absolute Gasteiger partial charge is 0.143 e. The second-order valence-electron chi connectivity index (χ2n) is 4.01. The Bertz CT molecular complexity index is 201. The molecule has 0 atom stereocenters. The summed E-state index contributed by atoms with van der Waals surface area (Å²) in [7, 11) is 0. The monoisotopic (exact) mass is 208 g/mol. The Morgan fingerprint density at radius 2 is 1.73 bits per heavy atom. The summed E-state index contributed by atoms with van der Waals surface area (Å²) >= 11 is 0. The van der Waals surface area contributed by atoms with Crippen LogP contribution in [0, 0.1) is 0 Å². The van der Waals surface area contributed by atoms with Gasteiger partial charge in [-0.3, -0.25) is 4.79 Å². The second-order valence-corrected chi connectivity index (χ2v) is 4.01. The molecule has 86 valence electrons. The molecule has 0 saturated carbocycles. The van der Waals surface area contributed by atoms with Crippen LogP contribution in [0.25, 0.3) is 0 Å². The van der Waals surface area contributed by atoms with Gasteiger partial charge < -0.3 is 0 Å². The predicted octanol–water partition coefficient (Wildman–Crippen LogP) is 4.44. The highest BCUT2D eigenvalue weighted by Gasteiger charge is 1.88. The Morgan fingerprint density at radius 3 is 2.40 bits per heavy atom. The van der Waals surface area contributed by atoms with E-state index in [4.69, 9.17) is 0 Å². The van der Waals surface area contributed by atoms with Gasteiger partial charge in [0.05, 0.1) is 0 Å². The quantitative estimate of drug-likeness (QED) is 0.237. The number of hydrogen-bond donors (Lipinski definition) is 0. The number of rotatable bonds is 9. The molecule has 0 fully saturated rings. The van der Waals surface area contributed by atoms with E-state index in [1.54, 1.807) is 6.08 Å². The Hall–Kier alpha value is -0.850. The molecule has 0 spiro atoms. The average Bonchev–Trinajstić information content (AvgIpc) is 2.22. The van der Waals surface area contributed by atoms with Crippen LogP contribution in [0.5, 0.6) is 0 Å². The zero-order valence-corrected chi connectivity index (χ0v) is 10.2. The van der Waals surface area contributed by atoms with Crippen LogP contribution in [-0.2, 0) is 4.79 Å². The summed E-state index contributed by atoms with van der Waals surface area (Å²) < 4.78 is 0. The fourth-order valence-corrected chi connectivity index (χ4v) is 1.47. The SMILES string of the molecule is CCCCCCCCC=CC(C)=CC=O. The van der Waals surface area contributed by atoms with E-state index in [9.17, 15) is 4.79 Å². The van der Waals surface area contributed by atoms with Crippen molar-refractivity contribution in [2.24, 2.45) is 0 Å². The van der Waals surface area contributed by atoms with Crippen LogP contribution in [0.1, 0.15) is 58.8 Å². The van der Waals surface area contributed by atoms with Gasteiger partial charge in [0, 0.05) is 0 Å². The first kappa shape index (κ1) is 14.2. The molecule has 0 aliphatic heterocycles. The van der Waals surface area contributed by atoms with Crippen LogP contribution in [0.2, 0.25) is 0 Å². The molecule has 1 heteroatoms. The third kappa shape index (κ3) is 11.1. The zero-order valence-electron chi connectivity index (χ0n) is 10.2. The van der Waals surface area contributed by atoms with Gasteiger partial charge in [-0.15, -0.1) is 0 Å². The largest absolute Gasteiger partial charge is 0.299 e. The van der Waals surface area contributed by atoms with Gasteiger partial charge in [0.2, 0.25) is 0 Å². The predicted molar refractivity (Wildman–Crippen MR) is 67.0 cm³/mol. The lowest BCUT2D eigenvalue weighted by molar-refractivity contribution is -0.104. The van der Waals surface area contributed by atoms with Crippen LogP contribution < -0.4 is 0 Å². The van der Waals surface area contributed by atoms with Crippen molar-refractivity contribution in [1.82, 2.24) is 0 Å². The van der Waals surface area contributed by atoms with E-state index < -0.39 is 0 Å². The van der Waals surface area contributed by atoms with Gasteiger partial charge in [-0.25, -0.2) is 0 Å². The molecule has 0 rings (SSSR count). The Kier molecular flexibility index (Phi) is 10.6. The van der Waals surface area contributed by atoms with Gasteiger partial charge in [-0.2, -0.15) is 0 Å². The molecule has 0 aromatic heterocycles. The third-order valence-corrected chi connectivity index (χ3v) is 2.44. The highest BCUT2D eigenvalue weighted by atomic mass is 16.1. The van der Waals surface area contributed by atoms with Crippen molar-refractivity contribution in [1.29, 1.82) is 0 Å². The molecular weight excluding hydrogens is 184 g/mol. The van der Waals surface area contributed by atoms with Gasteiger partial charge in [-0.05, 0) is 31.4 Å². The number of aldehydes is 1. The number of allylic oxidation sites excluding steroid dienone is 4. The van der Waals surface area contributed by atoms with E-state index in [1.165, 1.54) is 38.5 Å². The van der Waals surface area contributed by atoms with Crippen molar-refractivity contribution in [2.75, 3.05) is 0 Å². The Balaban J connectivity index is 3.30. The molecule has 0 saturated heterocycles. The first-order valence-corrected chi connectivity index (χ1v) is 6.10. The third-order valence-electron chi connectivity index (χ3n) is 2.44. The van der Waals surface area contributed by atoms with Crippen LogP contribution in [0.4, 0.5) is 0 Å². The first-order valence-electron chi connectivity index (χ1n) is 6.10. The lowest BCUT2D eigenvalue weighted by Crippen LogP contribution is -1.78. The van der Waals surface area contributed by atoms with Crippen molar-refractivity contribution in [2.45, 2.75) is 58.8 Å². The van der Waals surface area contributed by atoms with Crippen molar-refractivity contribution < 1.29 is 4.79 Å². The topological polar surface area (TPSA) is 17.1 Å². The molecule has 0 amide bonds. The van der Waals surface area contributed by atoms with Crippen LogP contribution in [0.15, 0.2) is 23.8 Å². The van der Waals surface area contributed by atoms with Gasteiger partial charge in [0.15, 0.2) is 0 Å². The summed E-state index contributed by atoms with van der Waals surface area (Å²) in [5.41, 5.74) is 1.04. The van der Waals surface area contributed by atoms with Gasteiger partial charge in [-0.1, -0.05) is 51.2 Å². The summed E-state index contributed by atoms with van der Waals surface area (Å²) in [6, 6.07) is 0. The van der Waals surface area contributed by atoms with E-state index in [2.05, 4.69) is 13.0 Å². The highest BCUT2D eigenvalue weighted by Crippen LogP contribution is 2.07. The summed E-state index contributed by atoms with van der Waals surface area (Å²) in [5.74, 6) is 0. The van der Waals surface area contributed by atoms with Crippen LogP contribution >= 0.6 is 0 Å². The summed E-state index contributed by atoms with van der Waals surface area (Å²) in [5, 5.41) is 0. The normalized spacial score (nSPS) is 12.3. The van der Waals surface area contributed by atoms with Gasteiger partial charge in [0.25, 0.3) is 0 Å². The van der Waals surface area contributed by atoms with Crippen molar-refractivity contribution >= 4 is 6.29 Å². The number of carbonyl (C=O) groups excluding carboxylic acids is 1. The lowest BCUT2D eigenvalue weighted by atomic mass is 10.1. The fraction of sp³-hybridized carbons (Fsp3) is 0.643. The number of hydrogen-bond acceptors (Lipinski definition) is 1. The Morgan fingerprint density at radius 1 is 1.07 bits per heavy atom. The molecule has 0 aromatic carbocycles. The lowest BCUT2D eigenvalue weighted by Gasteiger charge is -1.97. The fourth-order valence-electron chi connectivity index (χ4n) is 1.47. The molecule has 1 nitrogen and oxygen atoms in total. The summed E-state index contributed by atoms with van der Waals surface area (Å²) in [4.78, 5) is 10.1. The molecule has 0 aliphatic carbocycles. The minimum absolute atomic E-state index is 0.838. The van der Waals surface area contributed by atoms with Gasteiger partial charge >= 0.3 is 0 Å². The summed E-state index contributed by atoms with van der Waals surface area (Å²) in [6.45, 7) is 4.19. The Labute approximate surface area is 94.3 Å². The zero-order chi connectivity index (χ0) is 11.4. The van der Waals surface area contributed by atoms with E-state index >= 15 is 0 Å². The molecular formula is C14H24O. The molecule has 0 aromatic rings. The van der Waals surface area contributed by atoms with E-state index in [-0.39, 0.29) is 0 Å². The van der Waals surface area contributed by atoms with Crippen LogP contribution in [-0.4, -0.2) is 6.29 Å². The maximum absolute atomic E-state index is 10.1. The molecule has 0 bridgehead atoms. The first-order chi connectivity index (χ1) is 7.31. The minimum atomic E-state index is 0.838. The molecule has 15 heavy (non-hydrogen) atoms. The van der Waals surface area contributed by atoms with E-state index in [0.29, 0.717) is 0 Å². The van der Waals surface area contributed by atoms with Gasteiger partial charge in [0.1, 0.15) is 6.29 Å². The van der Waals surface area contributed by atoms with Crippen LogP contribution in [0.3, 0.4) is 0 Å². The van der Waals surface area contributed by atoms with Crippen molar-refractivity contribution in [3.05, 3.63) is 23.8 Å². The second kappa shape index (κ2) is 11.2. The number of unbranched alkanes of at least 4 members (excludes halogenated alkanes) is 6. The van der Waals surface area contributed by atoms with E-state index in [0.717, 1.165) is 18.3 Å². The maximum atomic E-state index is 10.1. The number of carbonyl (C=O) groups is 1. The summed E-state index contributed by atoms with van der Waals surface area (Å²) in [6.07, 6.45) is 15.8. The standard InChI is InChI=1S/C14H24O/c1-3-4-5-6-7-8-9-10-11-14(2)12-13-15/h10-13H,3-9H2,1-2H3. The maximum Gasteiger partial charge on any atom is 0.143 e. The molecule has 0 aliphatic rings. The van der Waals surface area contributed by atoms with Crippen molar-refractivity contribution in [3.63, 3.8) is 0 Å². The van der Waals surface area contributed by atoms with Crippen molar-refractivity contribution in [3.8, 4) is 0 Å². The minimum Gasteiger partial charge on any atom is -0.299 e. The van der Waals surface area contributed by atoms with E-state index in [1.807, 2.05) is 13.0 Å². The molecule has 0 N–H and O–H groups in total.